The van der Waals surface area contributed by atoms with Crippen molar-refractivity contribution >= 4 is 23.6 Å². The minimum Gasteiger partial charge on any atom is -0.354 e. The van der Waals surface area contributed by atoms with Crippen molar-refractivity contribution < 1.29 is 22.8 Å². The normalized spacial score (nSPS) is 26.0. The summed E-state index contributed by atoms with van der Waals surface area (Å²) in [7, 11) is 0. The summed E-state index contributed by atoms with van der Waals surface area (Å²) in [6.07, 6.45) is -2.68. The van der Waals surface area contributed by atoms with Crippen molar-refractivity contribution in [2.75, 3.05) is 12.3 Å². The SMILES string of the molecule is C[C@]12CCC(=O)N1[C@@H](C(=O)NCCc1ccc(C(F)(F)F)cc1)CS2. The third-order valence-electron chi connectivity index (χ3n) is 4.74. The largest absolute Gasteiger partial charge is 0.416 e. The second kappa shape index (κ2) is 6.55. The van der Waals surface area contributed by atoms with Crippen LogP contribution in [0.15, 0.2) is 24.3 Å². The van der Waals surface area contributed by atoms with Crippen molar-refractivity contribution in [3.63, 3.8) is 0 Å². The molecule has 2 aliphatic rings. The molecule has 0 spiro atoms. The Balaban J connectivity index is 1.52. The number of nitrogens with one attached hydrogen (secondary N) is 1. The fourth-order valence-corrected chi connectivity index (χ4v) is 4.75. The molecule has 136 valence electrons. The number of rotatable bonds is 4. The van der Waals surface area contributed by atoms with Gasteiger partial charge in [0.05, 0.1) is 10.4 Å². The summed E-state index contributed by atoms with van der Waals surface area (Å²) in [6, 6.07) is 4.46. The number of carbonyl (C=O) groups is 2. The zero-order valence-corrected chi connectivity index (χ0v) is 14.5. The number of halogens is 3. The summed E-state index contributed by atoms with van der Waals surface area (Å²) < 4.78 is 37.6. The molecule has 0 unspecified atom stereocenters. The Morgan fingerprint density at radius 2 is 2.04 bits per heavy atom. The van der Waals surface area contributed by atoms with Crippen LogP contribution in [-0.2, 0) is 22.2 Å². The van der Waals surface area contributed by atoms with E-state index in [4.69, 9.17) is 0 Å². The molecule has 2 amide bonds. The minimum absolute atomic E-state index is 0.00962. The average molecular weight is 372 g/mol. The number of alkyl halides is 3. The molecule has 2 heterocycles. The Morgan fingerprint density at radius 3 is 2.68 bits per heavy atom. The van der Waals surface area contributed by atoms with E-state index >= 15 is 0 Å². The maximum atomic E-state index is 12.5. The molecule has 2 saturated heterocycles. The van der Waals surface area contributed by atoms with Crippen LogP contribution >= 0.6 is 11.8 Å². The molecule has 0 radical (unpaired) electrons. The molecule has 0 bridgehead atoms. The number of nitrogens with zero attached hydrogens (tertiary/aromatic N) is 1. The Bertz CT molecular complexity index is 677. The van der Waals surface area contributed by atoms with Crippen LogP contribution in [0.4, 0.5) is 13.2 Å². The van der Waals surface area contributed by atoms with E-state index in [-0.39, 0.29) is 16.7 Å². The highest BCUT2D eigenvalue weighted by molar-refractivity contribution is 8.01. The Labute approximate surface area is 148 Å². The van der Waals surface area contributed by atoms with Gasteiger partial charge >= 0.3 is 6.18 Å². The summed E-state index contributed by atoms with van der Waals surface area (Å²) in [5, 5.41) is 2.80. The van der Waals surface area contributed by atoms with Crippen molar-refractivity contribution in [1.82, 2.24) is 10.2 Å². The first-order valence-electron chi connectivity index (χ1n) is 8.11. The highest BCUT2D eigenvalue weighted by atomic mass is 32.2. The molecule has 0 aliphatic carbocycles. The van der Waals surface area contributed by atoms with E-state index in [9.17, 15) is 22.8 Å². The maximum absolute atomic E-state index is 12.5. The fourth-order valence-electron chi connectivity index (χ4n) is 3.32. The fraction of sp³-hybridized carbons (Fsp3) is 0.529. The molecule has 0 saturated carbocycles. The van der Waals surface area contributed by atoms with Gasteiger partial charge in [-0.05, 0) is 37.5 Å². The number of carbonyl (C=O) groups excluding carboxylic acids is 2. The van der Waals surface area contributed by atoms with E-state index in [1.165, 1.54) is 12.1 Å². The number of amides is 2. The average Bonchev–Trinajstić information content (AvgIpc) is 3.04. The van der Waals surface area contributed by atoms with Gasteiger partial charge < -0.3 is 10.2 Å². The van der Waals surface area contributed by atoms with E-state index in [0.717, 1.165) is 24.1 Å². The van der Waals surface area contributed by atoms with Crippen LogP contribution in [0.1, 0.15) is 30.9 Å². The van der Waals surface area contributed by atoms with Crippen LogP contribution in [0.25, 0.3) is 0 Å². The quantitative estimate of drug-likeness (QED) is 0.884. The summed E-state index contributed by atoms with van der Waals surface area (Å²) in [5.41, 5.74) is 0.0336. The van der Waals surface area contributed by atoms with Gasteiger partial charge in [-0.15, -0.1) is 11.8 Å². The molecule has 2 aliphatic heterocycles. The Kier molecular flexibility index (Phi) is 4.74. The van der Waals surface area contributed by atoms with E-state index in [2.05, 4.69) is 5.32 Å². The standard InChI is InChI=1S/C17H19F3N2O2S/c1-16-8-6-14(23)22(16)13(10-25-16)15(24)21-9-7-11-2-4-12(5-3-11)17(18,19)20/h2-5,13H,6-10H2,1H3,(H,21,24)/t13-,16+/m1/s1. The molecule has 1 aromatic rings. The first kappa shape index (κ1) is 18.1. The van der Waals surface area contributed by atoms with Crippen LogP contribution in [-0.4, -0.2) is 39.9 Å². The second-order valence-electron chi connectivity index (χ2n) is 6.50. The molecule has 2 atom stereocenters. The minimum atomic E-state index is -4.35. The molecule has 4 nitrogen and oxygen atoms in total. The monoisotopic (exact) mass is 372 g/mol. The summed E-state index contributed by atoms with van der Waals surface area (Å²) in [6.45, 7) is 2.31. The lowest BCUT2D eigenvalue weighted by Gasteiger charge is -2.29. The topological polar surface area (TPSA) is 49.4 Å². The third kappa shape index (κ3) is 3.63. The van der Waals surface area contributed by atoms with Crippen LogP contribution in [0, 0.1) is 0 Å². The van der Waals surface area contributed by atoms with E-state index in [1.807, 2.05) is 6.92 Å². The van der Waals surface area contributed by atoms with Gasteiger partial charge in [-0.3, -0.25) is 9.59 Å². The van der Waals surface area contributed by atoms with Gasteiger partial charge in [0, 0.05) is 18.7 Å². The molecule has 25 heavy (non-hydrogen) atoms. The van der Waals surface area contributed by atoms with E-state index < -0.39 is 17.8 Å². The first-order chi connectivity index (χ1) is 11.7. The molecular weight excluding hydrogens is 353 g/mol. The highest BCUT2D eigenvalue weighted by Crippen LogP contribution is 2.47. The molecule has 8 heteroatoms. The van der Waals surface area contributed by atoms with Crippen LogP contribution in [0.5, 0.6) is 0 Å². The summed E-state index contributed by atoms with van der Waals surface area (Å²) in [4.78, 5) is 25.8. The Hall–Kier alpha value is -1.70. The van der Waals surface area contributed by atoms with Crippen molar-refractivity contribution in [1.29, 1.82) is 0 Å². The Morgan fingerprint density at radius 1 is 1.36 bits per heavy atom. The number of thioether (sulfide) groups is 1. The van der Waals surface area contributed by atoms with Crippen molar-refractivity contribution in [2.24, 2.45) is 0 Å². The number of fused-ring (bicyclic) bond motifs is 1. The van der Waals surface area contributed by atoms with Crippen molar-refractivity contribution in [3.05, 3.63) is 35.4 Å². The number of hydrogen-bond acceptors (Lipinski definition) is 3. The lowest BCUT2D eigenvalue weighted by atomic mass is 10.1. The first-order valence-corrected chi connectivity index (χ1v) is 9.09. The highest BCUT2D eigenvalue weighted by Gasteiger charge is 2.52. The molecular formula is C17H19F3N2O2S. The number of hydrogen-bond donors (Lipinski definition) is 1. The van der Waals surface area contributed by atoms with E-state index in [1.54, 1.807) is 16.7 Å². The lowest BCUT2D eigenvalue weighted by Crippen LogP contribution is -2.50. The van der Waals surface area contributed by atoms with Gasteiger partial charge in [0.1, 0.15) is 6.04 Å². The number of benzene rings is 1. The second-order valence-corrected chi connectivity index (χ2v) is 8.00. The van der Waals surface area contributed by atoms with Gasteiger partial charge in [-0.25, -0.2) is 0 Å². The van der Waals surface area contributed by atoms with Crippen LogP contribution in [0.2, 0.25) is 0 Å². The van der Waals surface area contributed by atoms with Gasteiger partial charge in [-0.2, -0.15) is 13.2 Å². The molecule has 1 N–H and O–H groups in total. The van der Waals surface area contributed by atoms with Crippen LogP contribution < -0.4 is 5.32 Å². The third-order valence-corrected chi connectivity index (χ3v) is 6.25. The van der Waals surface area contributed by atoms with Crippen molar-refractivity contribution in [3.8, 4) is 0 Å². The van der Waals surface area contributed by atoms with Gasteiger partial charge in [0.2, 0.25) is 11.8 Å². The van der Waals surface area contributed by atoms with Gasteiger partial charge in [0.25, 0.3) is 0 Å². The predicted octanol–water partition coefficient (Wildman–Crippen LogP) is 2.82. The molecule has 2 fully saturated rings. The maximum Gasteiger partial charge on any atom is 0.416 e. The zero-order valence-electron chi connectivity index (χ0n) is 13.7. The zero-order chi connectivity index (χ0) is 18.2. The smallest absolute Gasteiger partial charge is 0.354 e. The predicted molar refractivity (Wildman–Crippen MR) is 88.9 cm³/mol. The molecule has 3 rings (SSSR count). The van der Waals surface area contributed by atoms with E-state index in [0.29, 0.717) is 25.1 Å². The van der Waals surface area contributed by atoms with Gasteiger partial charge in [-0.1, -0.05) is 12.1 Å². The lowest BCUT2D eigenvalue weighted by molar-refractivity contribution is -0.138. The van der Waals surface area contributed by atoms with Gasteiger partial charge in [0.15, 0.2) is 0 Å². The summed E-state index contributed by atoms with van der Waals surface area (Å²) in [5.74, 6) is 0.391. The van der Waals surface area contributed by atoms with Crippen LogP contribution in [0.3, 0.4) is 0 Å². The summed E-state index contributed by atoms with van der Waals surface area (Å²) >= 11 is 1.63. The molecule has 0 aromatic heterocycles. The molecule has 1 aromatic carbocycles. The van der Waals surface area contributed by atoms with Crippen molar-refractivity contribution in [2.45, 2.75) is 43.3 Å².